The number of alkyl halides is 3. The van der Waals surface area contributed by atoms with Crippen molar-refractivity contribution in [3.8, 4) is 0 Å². The van der Waals surface area contributed by atoms with Crippen molar-refractivity contribution >= 4 is 11.8 Å². The average Bonchev–Trinajstić information content (AvgIpc) is 2.29. The number of aliphatic hydroxyl groups excluding tert-OH is 1. The molecule has 0 unspecified atom stereocenters. The zero-order chi connectivity index (χ0) is 13.4. The van der Waals surface area contributed by atoms with Crippen molar-refractivity contribution in [3.05, 3.63) is 35.9 Å². The summed E-state index contributed by atoms with van der Waals surface area (Å²) in [6, 6.07) is 9.50. The molecule has 0 atom stereocenters. The summed E-state index contributed by atoms with van der Waals surface area (Å²) in [5.41, 5.74) is -3.15. The maximum Gasteiger partial charge on any atom is 0.441 e. The average molecular weight is 279 g/mol. The second kappa shape index (κ2) is 7.66. The van der Waals surface area contributed by atoms with Gasteiger partial charge in [0.2, 0.25) is 0 Å². The lowest BCUT2D eigenvalue weighted by Crippen LogP contribution is -2.29. The van der Waals surface area contributed by atoms with Gasteiger partial charge in [0.1, 0.15) is 0 Å². The molecule has 0 amide bonds. The standard InChI is InChI=1S/C12H16F3NOS/c13-12(14,15)18-9-7-16(6-8-17)10-11-4-2-1-3-5-11/h1-5,17H,6-10H2. The number of hydrogen-bond acceptors (Lipinski definition) is 3. The third-order valence-electron chi connectivity index (χ3n) is 2.34. The van der Waals surface area contributed by atoms with E-state index in [1.54, 1.807) is 0 Å². The van der Waals surface area contributed by atoms with E-state index in [9.17, 15) is 13.2 Å². The summed E-state index contributed by atoms with van der Waals surface area (Å²) in [6.45, 7) is 1.19. The van der Waals surface area contributed by atoms with E-state index in [1.807, 2.05) is 35.2 Å². The first-order valence-electron chi connectivity index (χ1n) is 5.59. The van der Waals surface area contributed by atoms with Gasteiger partial charge >= 0.3 is 5.51 Å². The van der Waals surface area contributed by atoms with Gasteiger partial charge < -0.3 is 5.11 Å². The van der Waals surface area contributed by atoms with Crippen LogP contribution in [0.15, 0.2) is 30.3 Å². The largest absolute Gasteiger partial charge is 0.441 e. The fourth-order valence-corrected chi connectivity index (χ4v) is 2.12. The first-order valence-corrected chi connectivity index (χ1v) is 6.57. The lowest BCUT2D eigenvalue weighted by molar-refractivity contribution is -0.0328. The third-order valence-corrected chi connectivity index (χ3v) is 3.05. The molecule has 1 aromatic rings. The van der Waals surface area contributed by atoms with E-state index in [0.29, 0.717) is 19.6 Å². The zero-order valence-electron chi connectivity index (χ0n) is 9.86. The Morgan fingerprint density at radius 1 is 1.11 bits per heavy atom. The van der Waals surface area contributed by atoms with Crippen LogP contribution >= 0.6 is 11.8 Å². The Hall–Kier alpha value is -0.720. The van der Waals surface area contributed by atoms with Crippen molar-refractivity contribution in [1.29, 1.82) is 0 Å². The van der Waals surface area contributed by atoms with Crippen LogP contribution < -0.4 is 0 Å². The van der Waals surface area contributed by atoms with Crippen molar-refractivity contribution in [2.75, 3.05) is 25.4 Å². The second-order valence-electron chi connectivity index (χ2n) is 3.78. The van der Waals surface area contributed by atoms with E-state index in [1.165, 1.54) is 0 Å². The van der Waals surface area contributed by atoms with Gasteiger partial charge in [-0.2, -0.15) is 13.2 Å². The SMILES string of the molecule is OCCN(CCSC(F)(F)F)Cc1ccccc1. The molecule has 0 heterocycles. The van der Waals surface area contributed by atoms with Gasteiger partial charge in [0.15, 0.2) is 0 Å². The Morgan fingerprint density at radius 3 is 2.33 bits per heavy atom. The minimum atomic E-state index is -4.18. The summed E-state index contributed by atoms with van der Waals surface area (Å²) in [4.78, 5) is 1.81. The summed E-state index contributed by atoms with van der Waals surface area (Å²) >= 11 is -0.0250. The van der Waals surface area contributed by atoms with Gasteiger partial charge in [-0.1, -0.05) is 30.3 Å². The zero-order valence-corrected chi connectivity index (χ0v) is 10.7. The number of benzene rings is 1. The summed E-state index contributed by atoms with van der Waals surface area (Å²) in [7, 11) is 0. The number of rotatable bonds is 7. The molecular weight excluding hydrogens is 263 g/mol. The van der Waals surface area contributed by atoms with E-state index in [-0.39, 0.29) is 24.1 Å². The van der Waals surface area contributed by atoms with E-state index in [2.05, 4.69) is 0 Å². The van der Waals surface area contributed by atoms with Crippen molar-refractivity contribution in [2.45, 2.75) is 12.1 Å². The summed E-state index contributed by atoms with van der Waals surface area (Å²) < 4.78 is 36.0. The quantitative estimate of drug-likeness (QED) is 0.830. The molecule has 0 saturated carbocycles. The highest BCUT2D eigenvalue weighted by Gasteiger charge is 2.27. The van der Waals surface area contributed by atoms with Gasteiger partial charge in [-0.3, -0.25) is 4.90 Å². The first-order chi connectivity index (χ1) is 8.51. The highest BCUT2D eigenvalue weighted by molar-refractivity contribution is 8.00. The number of hydrogen-bond donors (Lipinski definition) is 1. The molecule has 18 heavy (non-hydrogen) atoms. The molecule has 0 radical (unpaired) electrons. The summed E-state index contributed by atoms with van der Waals surface area (Å²) in [5, 5.41) is 8.90. The number of halogens is 3. The van der Waals surface area contributed by atoms with Crippen LogP contribution in [0.2, 0.25) is 0 Å². The molecule has 0 aromatic heterocycles. The first kappa shape index (κ1) is 15.3. The lowest BCUT2D eigenvalue weighted by Gasteiger charge is -2.21. The van der Waals surface area contributed by atoms with Crippen molar-refractivity contribution < 1.29 is 18.3 Å². The van der Waals surface area contributed by atoms with Gasteiger partial charge in [-0.15, -0.1) is 0 Å². The summed E-state index contributed by atoms with van der Waals surface area (Å²) in [5.74, 6) is -0.0175. The Labute approximate surface area is 109 Å². The van der Waals surface area contributed by atoms with Crippen LogP contribution in [0.1, 0.15) is 5.56 Å². The maximum absolute atomic E-state index is 12.0. The molecule has 1 rings (SSSR count). The fourth-order valence-electron chi connectivity index (χ4n) is 1.54. The van der Waals surface area contributed by atoms with Gasteiger partial charge in [0.05, 0.1) is 6.61 Å². The maximum atomic E-state index is 12.0. The lowest BCUT2D eigenvalue weighted by atomic mass is 10.2. The van der Waals surface area contributed by atoms with Crippen LogP contribution in [0, 0.1) is 0 Å². The van der Waals surface area contributed by atoms with Gasteiger partial charge in [0, 0.05) is 25.4 Å². The number of thioether (sulfide) groups is 1. The van der Waals surface area contributed by atoms with Crippen LogP contribution in [0.4, 0.5) is 13.2 Å². The van der Waals surface area contributed by atoms with E-state index in [4.69, 9.17) is 5.11 Å². The minimum Gasteiger partial charge on any atom is -0.395 e. The van der Waals surface area contributed by atoms with Crippen LogP contribution in [0.5, 0.6) is 0 Å². The fraction of sp³-hybridized carbons (Fsp3) is 0.500. The molecule has 0 bridgehead atoms. The van der Waals surface area contributed by atoms with Crippen LogP contribution in [-0.4, -0.2) is 41.0 Å². The molecule has 6 heteroatoms. The minimum absolute atomic E-state index is 0.0175. The monoisotopic (exact) mass is 279 g/mol. The highest BCUT2D eigenvalue weighted by Crippen LogP contribution is 2.29. The Morgan fingerprint density at radius 2 is 1.78 bits per heavy atom. The van der Waals surface area contributed by atoms with Crippen molar-refractivity contribution in [1.82, 2.24) is 4.90 Å². The second-order valence-corrected chi connectivity index (χ2v) is 4.94. The molecule has 1 N–H and O–H groups in total. The third kappa shape index (κ3) is 6.88. The van der Waals surface area contributed by atoms with E-state index >= 15 is 0 Å². The van der Waals surface area contributed by atoms with Gasteiger partial charge in [-0.25, -0.2) is 0 Å². The Balaban J connectivity index is 2.40. The normalized spacial score (nSPS) is 12.1. The molecule has 0 aliphatic rings. The van der Waals surface area contributed by atoms with Crippen LogP contribution in [0.25, 0.3) is 0 Å². The Kier molecular flexibility index (Phi) is 6.52. The van der Waals surface area contributed by atoms with E-state index in [0.717, 1.165) is 5.56 Å². The molecule has 0 aliphatic carbocycles. The van der Waals surface area contributed by atoms with E-state index < -0.39 is 5.51 Å². The van der Waals surface area contributed by atoms with Gasteiger partial charge in [-0.05, 0) is 17.3 Å². The molecule has 0 fully saturated rings. The number of aliphatic hydroxyl groups is 1. The van der Waals surface area contributed by atoms with Gasteiger partial charge in [0.25, 0.3) is 0 Å². The van der Waals surface area contributed by atoms with Crippen LogP contribution in [-0.2, 0) is 6.54 Å². The predicted molar refractivity (Wildman–Crippen MR) is 67.3 cm³/mol. The molecular formula is C12H16F3NOS. The molecule has 0 aliphatic heterocycles. The van der Waals surface area contributed by atoms with Crippen LogP contribution in [0.3, 0.4) is 0 Å². The molecule has 0 spiro atoms. The topological polar surface area (TPSA) is 23.5 Å². The highest BCUT2D eigenvalue weighted by atomic mass is 32.2. The molecule has 2 nitrogen and oxygen atoms in total. The molecule has 0 saturated heterocycles. The molecule has 1 aromatic carbocycles. The summed E-state index contributed by atoms with van der Waals surface area (Å²) in [6.07, 6.45) is 0. The number of nitrogens with zero attached hydrogens (tertiary/aromatic N) is 1. The smallest absolute Gasteiger partial charge is 0.395 e. The van der Waals surface area contributed by atoms with Crippen molar-refractivity contribution in [2.24, 2.45) is 0 Å². The predicted octanol–water partition coefficient (Wildman–Crippen LogP) is 2.73. The Bertz CT molecular complexity index is 332. The molecule has 102 valence electrons. The van der Waals surface area contributed by atoms with Crippen molar-refractivity contribution in [3.63, 3.8) is 0 Å².